The molecule has 0 aliphatic rings. The van der Waals surface area contributed by atoms with E-state index in [1.165, 1.54) is 25.7 Å². The van der Waals surface area contributed by atoms with Gasteiger partial charge >= 0.3 is 0 Å². The number of hydrogen-bond donors (Lipinski definition) is 0. The van der Waals surface area contributed by atoms with Crippen LogP contribution in [0.2, 0.25) is 0 Å². The van der Waals surface area contributed by atoms with E-state index in [-0.39, 0.29) is 0 Å². The van der Waals surface area contributed by atoms with E-state index in [9.17, 15) is 0 Å². The van der Waals surface area contributed by atoms with Crippen molar-refractivity contribution in [1.29, 1.82) is 0 Å². The third-order valence-electron chi connectivity index (χ3n) is 3.32. The Balaban J connectivity index is 1.83. The van der Waals surface area contributed by atoms with Crippen molar-refractivity contribution in [2.24, 2.45) is 0 Å². The molecular weight excluding hydrogens is 417 g/mol. The van der Waals surface area contributed by atoms with Crippen molar-refractivity contribution in [1.82, 2.24) is 20.4 Å². The first-order valence-electron chi connectivity index (χ1n) is 8.03. The Labute approximate surface area is 168 Å². The summed E-state index contributed by atoms with van der Waals surface area (Å²) in [6.07, 6.45) is 4.67. The maximum atomic E-state index is 4.29. The Hall–Kier alpha value is 0.520. The highest BCUT2D eigenvalue weighted by atomic mass is 33.1. The predicted octanol–water partition coefficient (Wildman–Crippen LogP) is 6.75. The minimum atomic E-state index is 0.635. The quantitative estimate of drug-likeness (QED) is 0.282. The van der Waals surface area contributed by atoms with E-state index in [2.05, 4.69) is 48.1 Å². The number of aromatic nitrogens is 4. The smallest absolute Gasteiger partial charge is 0.131 e. The summed E-state index contributed by atoms with van der Waals surface area (Å²) >= 11 is 7.02. The number of hydrogen-bond acceptors (Lipinski definition) is 10. The van der Waals surface area contributed by atoms with Crippen LogP contribution in [0.1, 0.15) is 53.4 Å². The van der Waals surface area contributed by atoms with Gasteiger partial charge in [-0.15, -0.1) is 20.4 Å². The van der Waals surface area contributed by atoms with E-state index in [4.69, 9.17) is 0 Å². The molecule has 0 amide bonds. The monoisotopic (exact) mass is 438 g/mol. The van der Waals surface area contributed by atoms with Gasteiger partial charge in [-0.1, -0.05) is 73.9 Å². The Morgan fingerprint density at radius 2 is 0.958 bits per heavy atom. The van der Waals surface area contributed by atoms with E-state index >= 15 is 0 Å². The molecule has 0 atom stereocenters. The summed E-state index contributed by atoms with van der Waals surface area (Å²) in [4.78, 5) is 0. The lowest BCUT2D eigenvalue weighted by Gasteiger charge is -2.07. The Bertz CT molecular complexity index is 541. The number of thioether (sulfide) groups is 2. The van der Waals surface area contributed by atoms with Crippen molar-refractivity contribution in [3.8, 4) is 0 Å². The van der Waals surface area contributed by atoms with Crippen LogP contribution in [-0.2, 0) is 0 Å². The fourth-order valence-electron chi connectivity index (χ4n) is 1.82. The van der Waals surface area contributed by atoms with Crippen molar-refractivity contribution < 1.29 is 0 Å². The van der Waals surface area contributed by atoms with Gasteiger partial charge in [0.05, 0.1) is 0 Å². The zero-order chi connectivity index (χ0) is 17.4. The van der Waals surface area contributed by atoms with Crippen LogP contribution < -0.4 is 0 Å². The number of rotatable bonds is 11. The molecule has 0 aliphatic carbocycles. The first-order chi connectivity index (χ1) is 11.7. The van der Waals surface area contributed by atoms with Crippen LogP contribution in [-0.4, -0.2) is 30.9 Å². The zero-order valence-corrected chi connectivity index (χ0v) is 19.1. The lowest BCUT2D eigenvalue weighted by Crippen LogP contribution is -1.96. The molecule has 0 spiro atoms. The minimum Gasteiger partial charge on any atom is -0.131 e. The van der Waals surface area contributed by atoms with E-state index in [0.29, 0.717) is 10.5 Å². The topological polar surface area (TPSA) is 51.6 Å². The van der Waals surface area contributed by atoms with Crippen LogP contribution >= 0.6 is 67.8 Å². The molecule has 0 radical (unpaired) electrons. The van der Waals surface area contributed by atoms with Crippen molar-refractivity contribution >= 4 is 67.8 Å². The van der Waals surface area contributed by atoms with Gasteiger partial charge in [-0.05, 0) is 47.3 Å². The summed E-state index contributed by atoms with van der Waals surface area (Å²) in [5.74, 6) is 0. The van der Waals surface area contributed by atoms with E-state index in [1.54, 1.807) is 44.3 Å². The molecule has 134 valence electrons. The first kappa shape index (κ1) is 20.8. The summed E-state index contributed by atoms with van der Waals surface area (Å²) in [5, 5.41) is 18.4. The highest BCUT2D eigenvalue weighted by Crippen LogP contribution is 2.43. The average Bonchev–Trinajstić information content (AvgIpc) is 3.24. The summed E-state index contributed by atoms with van der Waals surface area (Å²) in [5.41, 5.74) is 0. The van der Waals surface area contributed by atoms with Gasteiger partial charge in [0.2, 0.25) is 0 Å². The van der Waals surface area contributed by atoms with Crippen LogP contribution in [0.15, 0.2) is 17.4 Å². The second-order valence-corrected chi connectivity index (χ2v) is 12.6. The zero-order valence-electron chi connectivity index (χ0n) is 14.2. The fourth-order valence-corrected chi connectivity index (χ4v) is 8.74. The second kappa shape index (κ2) is 11.3. The van der Waals surface area contributed by atoms with Crippen LogP contribution in [0, 0.1) is 0 Å². The summed E-state index contributed by atoms with van der Waals surface area (Å²) in [7, 11) is 3.25. The molecule has 24 heavy (non-hydrogen) atoms. The van der Waals surface area contributed by atoms with Crippen LogP contribution in [0.3, 0.4) is 0 Å². The van der Waals surface area contributed by atoms with Crippen LogP contribution in [0.25, 0.3) is 0 Å². The van der Waals surface area contributed by atoms with Crippen LogP contribution in [0.5, 0.6) is 0 Å². The molecule has 0 aromatic carbocycles. The van der Waals surface area contributed by atoms with Gasteiger partial charge in [0.15, 0.2) is 17.4 Å². The number of nitrogens with zero attached hydrogens (tertiary/aromatic N) is 4. The molecule has 4 nitrogen and oxygen atoms in total. The van der Waals surface area contributed by atoms with E-state index < -0.39 is 0 Å². The van der Waals surface area contributed by atoms with Gasteiger partial charge in [0.25, 0.3) is 0 Å². The molecule has 2 rings (SSSR count). The molecule has 0 aliphatic heterocycles. The Morgan fingerprint density at radius 3 is 1.29 bits per heavy atom. The summed E-state index contributed by atoms with van der Waals surface area (Å²) in [6.45, 7) is 8.89. The molecule has 2 heterocycles. The molecule has 2 aromatic heterocycles. The third-order valence-corrected chi connectivity index (χ3v) is 11.3. The van der Waals surface area contributed by atoms with Gasteiger partial charge in [0.1, 0.15) is 0 Å². The second-order valence-electron chi connectivity index (χ2n) is 4.95. The molecule has 0 unspecified atom stereocenters. The average molecular weight is 439 g/mol. The summed E-state index contributed by atoms with van der Waals surface area (Å²) < 4.78 is 4.10. The maximum Gasteiger partial charge on any atom is 0.186 e. The van der Waals surface area contributed by atoms with Gasteiger partial charge in [-0.3, -0.25) is 0 Å². The van der Waals surface area contributed by atoms with Gasteiger partial charge in [-0.25, -0.2) is 0 Å². The highest BCUT2D eigenvalue weighted by Gasteiger charge is 2.14. The molecule has 0 N–H and O–H groups in total. The molecule has 2 aromatic rings. The van der Waals surface area contributed by atoms with E-state index in [0.717, 1.165) is 17.4 Å². The molecule has 0 saturated heterocycles. The molecule has 0 bridgehead atoms. The lowest BCUT2D eigenvalue weighted by atomic mass is 10.3. The van der Waals surface area contributed by atoms with Crippen molar-refractivity contribution in [2.45, 2.75) is 81.2 Å². The normalized spacial score (nSPS) is 11.8. The summed E-state index contributed by atoms with van der Waals surface area (Å²) in [6, 6.07) is 0. The molecular formula is C14H22N4S6. The largest absolute Gasteiger partial charge is 0.186 e. The van der Waals surface area contributed by atoms with Crippen molar-refractivity contribution in [2.75, 3.05) is 0 Å². The van der Waals surface area contributed by atoms with Crippen LogP contribution in [0.4, 0.5) is 0 Å². The molecule has 0 fully saturated rings. The van der Waals surface area contributed by atoms with Gasteiger partial charge in [-0.2, -0.15) is 0 Å². The SMILES string of the molecule is CCC(CC)Sc1nnc(SSc2nnc(SC(CC)CC)s2)s1. The van der Waals surface area contributed by atoms with Gasteiger partial charge in [0, 0.05) is 10.5 Å². The third kappa shape index (κ3) is 6.68. The van der Waals surface area contributed by atoms with E-state index in [1.807, 2.05) is 23.5 Å². The predicted molar refractivity (Wildman–Crippen MR) is 112 cm³/mol. The molecule has 10 heteroatoms. The molecule has 0 saturated carbocycles. The van der Waals surface area contributed by atoms with Gasteiger partial charge < -0.3 is 0 Å². The Morgan fingerprint density at radius 1 is 0.625 bits per heavy atom. The standard InChI is InChI=1S/C14H22N4S6/c1-5-9(6-2)19-11-15-17-13(21-11)23-24-14-18-16-12(22-14)20-10(7-3)8-4/h9-10H,5-8H2,1-4H3. The maximum absolute atomic E-state index is 4.29. The Kier molecular flexibility index (Phi) is 9.79. The first-order valence-corrected chi connectivity index (χ1v) is 13.6. The fraction of sp³-hybridized carbons (Fsp3) is 0.714. The van der Waals surface area contributed by atoms with Crippen molar-refractivity contribution in [3.05, 3.63) is 0 Å². The lowest BCUT2D eigenvalue weighted by molar-refractivity contribution is 0.790. The van der Waals surface area contributed by atoms with Crippen molar-refractivity contribution in [3.63, 3.8) is 0 Å². The minimum absolute atomic E-state index is 0.635. The highest BCUT2D eigenvalue weighted by molar-refractivity contribution is 8.77.